The van der Waals surface area contributed by atoms with Crippen LogP contribution >= 0.6 is 0 Å². The van der Waals surface area contributed by atoms with Crippen molar-refractivity contribution in [1.82, 2.24) is 0 Å². The van der Waals surface area contributed by atoms with E-state index in [0.29, 0.717) is 6.04 Å². The Balaban J connectivity index is 1.86. The van der Waals surface area contributed by atoms with Crippen molar-refractivity contribution < 1.29 is 4.74 Å². The molecule has 0 saturated heterocycles. The van der Waals surface area contributed by atoms with Gasteiger partial charge in [0.05, 0.1) is 12.6 Å². The fraction of sp³-hybridized carbons (Fsp3) is 0.333. The third-order valence-corrected chi connectivity index (χ3v) is 3.82. The van der Waals surface area contributed by atoms with Crippen LogP contribution in [0.1, 0.15) is 36.9 Å². The molecule has 0 radical (unpaired) electrons. The molecule has 2 nitrogen and oxygen atoms in total. The first-order chi connectivity index (χ1) is 9.88. The predicted molar refractivity (Wildman–Crippen MR) is 83.4 cm³/mol. The van der Waals surface area contributed by atoms with E-state index in [1.807, 2.05) is 6.07 Å². The van der Waals surface area contributed by atoms with E-state index < -0.39 is 0 Å². The van der Waals surface area contributed by atoms with Gasteiger partial charge in [0.25, 0.3) is 0 Å². The molecule has 1 N–H and O–H groups in total. The summed E-state index contributed by atoms with van der Waals surface area (Å²) >= 11 is 0. The van der Waals surface area contributed by atoms with Gasteiger partial charge in [0.15, 0.2) is 0 Å². The molecule has 0 aromatic heterocycles. The third kappa shape index (κ3) is 2.64. The van der Waals surface area contributed by atoms with Crippen LogP contribution < -0.4 is 10.1 Å². The number of para-hydroxylation sites is 2. The van der Waals surface area contributed by atoms with Gasteiger partial charge in [0.1, 0.15) is 5.75 Å². The zero-order chi connectivity index (χ0) is 13.8. The zero-order valence-electron chi connectivity index (χ0n) is 11.9. The number of benzene rings is 2. The highest BCUT2D eigenvalue weighted by atomic mass is 16.5. The van der Waals surface area contributed by atoms with Gasteiger partial charge in [-0.25, -0.2) is 0 Å². The maximum absolute atomic E-state index is 5.73. The lowest BCUT2D eigenvalue weighted by molar-refractivity contribution is 0.274. The molecule has 2 aromatic rings. The zero-order valence-corrected chi connectivity index (χ0v) is 11.9. The van der Waals surface area contributed by atoms with Crippen LogP contribution in [0.3, 0.4) is 0 Å². The Morgan fingerprint density at radius 1 is 1.10 bits per heavy atom. The summed E-state index contributed by atoms with van der Waals surface area (Å²) in [6.07, 6.45) is 3.30. The van der Waals surface area contributed by atoms with Crippen LogP contribution in [0.2, 0.25) is 0 Å². The Morgan fingerprint density at radius 3 is 2.80 bits per heavy atom. The second kappa shape index (κ2) is 6.00. The van der Waals surface area contributed by atoms with Crippen LogP contribution in [0.25, 0.3) is 0 Å². The minimum Gasteiger partial charge on any atom is -0.493 e. The van der Waals surface area contributed by atoms with Gasteiger partial charge in [-0.15, -0.1) is 0 Å². The molecule has 1 unspecified atom stereocenters. The molecular weight excluding hydrogens is 246 g/mol. The molecule has 0 amide bonds. The van der Waals surface area contributed by atoms with Crippen molar-refractivity contribution in [3.05, 3.63) is 59.7 Å². The first kappa shape index (κ1) is 13.0. The van der Waals surface area contributed by atoms with Gasteiger partial charge in [0, 0.05) is 17.7 Å². The molecule has 20 heavy (non-hydrogen) atoms. The molecule has 0 saturated carbocycles. The second-order valence-corrected chi connectivity index (χ2v) is 5.28. The van der Waals surface area contributed by atoms with Crippen LogP contribution in [-0.2, 0) is 6.42 Å². The average molecular weight is 267 g/mol. The molecule has 1 aliphatic rings. The number of aryl methyl sites for hydroxylation is 1. The first-order valence-corrected chi connectivity index (χ1v) is 7.44. The van der Waals surface area contributed by atoms with Crippen molar-refractivity contribution in [2.75, 3.05) is 11.9 Å². The van der Waals surface area contributed by atoms with E-state index in [1.54, 1.807) is 0 Å². The van der Waals surface area contributed by atoms with Crippen LogP contribution in [0.15, 0.2) is 48.5 Å². The lowest BCUT2D eigenvalue weighted by atomic mass is 9.99. The Hall–Kier alpha value is -1.96. The number of rotatable bonds is 4. The summed E-state index contributed by atoms with van der Waals surface area (Å²) < 4.78 is 5.73. The number of nitrogens with one attached hydrogen (secondary N) is 1. The summed E-state index contributed by atoms with van der Waals surface area (Å²) in [5.41, 5.74) is 3.93. The van der Waals surface area contributed by atoms with Crippen molar-refractivity contribution in [3.63, 3.8) is 0 Å². The highest BCUT2D eigenvalue weighted by Gasteiger charge is 2.21. The number of hydrogen-bond acceptors (Lipinski definition) is 2. The van der Waals surface area contributed by atoms with E-state index in [4.69, 9.17) is 4.74 Å². The lowest BCUT2D eigenvalue weighted by Gasteiger charge is -2.28. The van der Waals surface area contributed by atoms with E-state index >= 15 is 0 Å². The number of ether oxygens (including phenoxy) is 1. The van der Waals surface area contributed by atoms with Crippen LogP contribution in [0, 0.1) is 0 Å². The Morgan fingerprint density at radius 2 is 1.90 bits per heavy atom. The van der Waals surface area contributed by atoms with Crippen LogP contribution in [-0.4, -0.2) is 6.61 Å². The summed E-state index contributed by atoms with van der Waals surface area (Å²) in [7, 11) is 0. The molecule has 0 aliphatic carbocycles. The van der Waals surface area contributed by atoms with Crippen LogP contribution in [0.4, 0.5) is 5.69 Å². The standard InChI is InChI=1S/C18H21NO/c1-2-7-14-8-3-5-10-16(14)19-17-12-13-20-18-11-6-4-9-15(17)18/h3-6,8-11,17,19H,2,7,12-13H2,1H3. The normalized spacial score (nSPS) is 17.1. The van der Waals surface area contributed by atoms with Crippen molar-refractivity contribution in [2.24, 2.45) is 0 Å². The van der Waals surface area contributed by atoms with Gasteiger partial charge >= 0.3 is 0 Å². The number of hydrogen-bond donors (Lipinski definition) is 1. The molecule has 2 aromatic carbocycles. The van der Waals surface area contributed by atoms with Gasteiger partial charge in [-0.2, -0.15) is 0 Å². The predicted octanol–water partition coefficient (Wildman–Crippen LogP) is 4.57. The molecular formula is C18H21NO. The topological polar surface area (TPSA) is 21.3 Å². The lowest BCUT2D eigenvalue weighted by Crippen LogP contribution is -2.20. The molecule has 0 bridgehead atoms. The third-order valence-electron chi connectivity index (χ3n) is 3.82. The maximum Gasteiger partial charge on any atom is 0.124 e. The number of anilines is 1. The summed E-state index contributed by atoms with van der Waals surface area (Å²) in [6, 6.07) is 17.3. The Bertz CT molecular complexity index is 579. The van der Waals surface area contributed by atoms with Crippen molar-refractivity contribution in [3.8, 4) is 5.75 Å². The van der Waals surface area contributed by atoms with E-state index in [2.05, 4.69) is 54.7 Å². The van der Waals surface area contributed by atoms with E-state index in [1.165, 1.54) is 23.2 Å². The highest BCUT2D eigenvalue weighted by molar-refractivity contribution is 5.54. The molecule has 3 rings (SSSR count). The minimum atomic E-state index is 0.345. The highest BCUT2D eigenvalue weighted by Crippen LogP contribution is 2.34. The van der Waals surface area contributed by atoms with Gasteiger partial charge in [-0.3, -0.25) is 0 Å². The fourth-order valence-electron chi connectivity index (χ4n) is 2.83. The molecule has 1 aliphatic heterocycles. The average Bonchev–Trinajstić information content (AvgIpc) is 2.50. The monoisotopic (exact) mass is 267 g/mol. The quantitative estimate of drug-likeness (QED) is 0.875. The SMILES string of the molecule is CCCc1ccccc1NC1CCOc2ccccc21. The molecule has 2 heteroatoms. The van der Waals surface area contributed by atoms with Crippen molar-refractivity contribution in [1.29, 1.82) is 0 Å². The summed E-state index contributed by atoms with van der Waals surface area (Å²) in [5.74, 6) is 1.02. The van der Waals surface area contributed by atoms with E-state index in [-0.39, 0.29) is 0 Å². The Labute approximate surface area is 120 Å². The summed E-state index contributed by atoms with van der Waals surface area (Å²) in [5, 5.41) is 3.71. The number of fused-ring (bicyclic) bond motifs is 1. The molecule has 104 valence electrons. The summed E-state index contributed by atoms with van der Waals surface area (Å²) in [4.78, 5) is 0. The molecule has 0 spiro atoms. The Kier molecular flexibility index (Phi) is 3.91. The maximum atomic E-state index is 5.73. The first-order valence-electron chi connectivity index (χ1n) is 7.44. The van der Waals surface area contributed by atoms with Gasteiger partial charge < -0.3 is 10.1 Å². The van der Waals surface area contributed by atoms with Crippen molar-refractivity contribution in [2.45, 2.75) is 32.2 Å². The van der Waals surface area contributed by atoms with Gasteiger partial charge in [-0.05, 0) is 24.1 Å². The minimum absolute atomic E-state index is 0.345. The molecule has 1 atom stereocenters. The van der Waals surface area contributed by atoms with Gasteiger partial charge in [-0.1, -0.05) is 49.7 Å². The summed E-state index contributed by atoms with van der Waals surface area (Å²) in [6.45, 7) is 3.01. The van der Waals surface area contributed by atoms with E-state index in [0.717, 1.165) is 25.2 Å². The largest absolute Gasteiger partial charge is 0.493 e. The molecule has 0 fully saturated rings. The van der Waals surface area contributed by atoms with Gasteiger partial charge in [0.2, 0.25) is 0 Å². The van der Waals surface area contributed by atoms with Crippen LogP contribution in [0.5, 0.6) is 5.75 Å². The smallest absolute Gasteiger partial charge is 0.124 e. The van der Waals surface area contributed by atoms with E-state index in [9.17, 15) is 0 Å². The molecule has 1 heterocycles. The van der Waals surface area contributed by atoms with Crippen molar-refractivity contribution >= 4 is 5.69 Å². The second-order valence-electron chi connectivity index (χ2n) is 5.28. The fourth-order valence-corrected chi connectivity index (χ4v) is 2.83.